The highest BCUT2D eigenvalue weighted by Gasteiger charge is 2.34. The number of alkyl halides is 3. The Morgan fingerprint density at radius 3 is 2.62 bits per heavy atom. The van der Waals surface area contributed by atoms with E-state index in [1.165, 1.54) is 24.1 Å². The number of aromatic amines is 1. The molecule has 0 saturated heterocycles. The molecule has 0 spiro atoms. The molecule has 10 heteroatoms. The third kappa shape index (κ3) is 3.53. The van der Waals surface area contributed by atoms with E-state index in [2.05, 4.69) is 15.2 Å². The van der Waals surface area contributed by atoms with E-state index in [1.807, 2.05) is 6.07 Å². The zero-order valence-electron chi connectivity index (χ0n) is 15.1. The molecule has 1 aromatic carbocycles. The van der Waals surface area contributed by atoms with Gasteiger partial charge in [0.1, 0.15) is 17.5 Å². The predicted octanol–water partition coefficient (Wildman–Crippen LogP) is 4.06. The summed E-state index contributed by atoms with van der Waals surface area (Å²) >= 11 is 0. The van der Waals surface area contributed by atoms with Crippen LogP contribution in [0, 0.1) is 5.82 Å². The molecule has 150 valence electrons. The van der Waals surface area contributed by atoms with Crippen LogP contribution in [-0.2, 0) is 11.0 Å². The molecule has 29 heavy (non-hydrogen) atoms. The second-order valence-corrected chi connectivity index (χ2v) is 6.57. The first-order valence-electron chi connectivity index (χ1n) is 8.68. The van der Waals surface area contributed by atoms with Gasteiger partial charge in [-0.1, -0.05) is 6.07 Å². The maximum absolute atomic E-state index is 14.6. The van der Waals surface area contributed by atoms with Crippen LogP contribution in [0.25, 0.3) is 5.69 Å². The van der Waals surface area contributed by atoms with Crippen LogP contribution >= 0.6 is 0 Å². The minimum Gasteiger partial charge on any atom is -0.363 e. The van der Waals surface area contributed by atoms with Crippen LogP contribution in [0.15, 0.2) is 53.9 Å². The quantitative estimate of drug-likeness (QED) is 0.668. The first-order valence-corrected chi connectivity index (χ1v) is 8.68. The second kappa shape index (κ2) is 6.87. The monoisotopic (exact) mass is 405 g/mol. The van der Waals surface area contributed by atoms with Gasteiger partial charge in [0.25, 0.3) is 0 Å². The molecular weight excluding hydrogens is 390 g/mol. The van der Waals surface area contributed by atoms with Crippen molar-refractivity contribution in [3.05, 3.63) is 71.6 Å². The SMILES string of the molecule is CC(=O)N1N=C(c2ccc(-n3ccc(C(F)(F)F)n3)c(F)c2)CC1c1ccc[nH]1. The van der Waals surface area contributed by atoms with Gasteiger partial charge in [-0.15, -0.1) is 0 Å². The Morgan fingerprint density at radius 2 is 2.03 bits per heavy atom. The van der Waals surface area contributed by atoms with Gasteiger partial charge >= 0.3 is 6.18 Å². The summed E-state index contributed by atoms with van der Waals surface area (Å²) in [6.07, 6.45) is -1.45. The molecule has 0 bridgehead atoms. The van der Waals surface area contributed by atoms with Crippen LogP contribution in [0.3, 0.4) is 0 Å². The standard InChI is InChI=1S/C19H15F4N5O/c1-11(29)28-17(14-3-2-7-24-14)10-15(25-28)12-4-5-16(13(20)9-12)27-8-6-18(26-27)19(21,22)23/h2-9,17,24H,10H2,1H3. The molecule has 1 aliphatic heterocycles. The van der Waals surface area contributed by atoms with Gasteiger partial charge in [-0.25, -0.2) is 14.1 Å². The Morgan fingerprint density at radius 1 is 1.24 bits per heavy atom. The largest absolute Gasteiger partial charge is 0.435 e. The van der Waals surface area contributed by atoms with Crippen LogP contribution in [0.4, 0.5) is 17.6 Å². The molecular formula is C19H15F4N5O. The van der Waals surface area contributed by atoms with E-state index >= 15 is 0 Å². The lowest BCUT2D eigenvalue weighted by Gasteiger charge is -2.18. The minimum absolute atomic E-state index is 0.118. The molecule has 3 aromatic rings. The summed E-state index contributed by atoms with van der Waals surface area (Å²) in [5.41, 5.74) is 0.517. The van der Waals surface area contributed by atoms with Crippen LogP contribution < -0.4 is 0 Å². The molecule has 4 rings (SSSR count). The fourth-order valence-corrected chi connectivity index (χ4v) is 3.25. The Bertz CT molecular complexity index is 1080. The van der Waals surface area contributed by atoms with Crippen molar-refractivity contribution in [3.8, 4) is 5.69 Å². The third-order valence-corrected chi connectivity index (χ3v) is 4.62. The summed E-state index contributed by atoms with van der Waals surface area (Å²) in [5, 5.41) is 9.03. The highest BCUT2D eigenvalue weighted by Crippen LogP contribution is 2.33. The number of H-pyrrole nitrogens is 1. The van der Waals surface area contributed by atoms with E-state index in [0.717, 1.165) is 22.6 Å². The number of halogens is 4. The fourth-order valence-electron chi connectivity index (χ4n) is 3.25. The zero-order valence-corrected chi connectivity index (χ0v) is 15.1. The van der Waals surface area contributed by atoms with E-state index in [-0.39, 0.29) is 17.6 Å². The molecule has 0 radical (unpaired) electrons. The summed E-state index contributed by atoms with van der Waals surface area (Å²) in [6, 6.07) is 8.14. The smallest absolute Gasteiger partial charge is 0.363 e. The average molecular weight is 405 g/mol. The van der Waals surface area contributed by atoms with Gasteiger partial charge in [-0.3, -0.25) is 4.79 Å². The van der Waals surface area contributed by atoms with Gasteiger partial charge in [0.15, 0.2) is 5.69 Å². The van der Waals surface area contributed by atoms with E-state index < -0.39 is 17.7 Å². The van der Waals surface area contributed by atoms with Gasteiger partial charge in [-0.2, -0.15) is 23.4 Å². The van der Waals surface area contributed by atoms with Crippen molar-refractivity contribution in [1.29, 1.82) is 0 Å². The number of amides is 1. The molecule has 1 unspecified atom stereocenters. The lowest BCUT2D eigenvalue weighted by Crippen LogP contribution is -2.24. The summed E-state index contributed by atoms with van der Waals surface area (Å²) in [4.78, 5) is 15.0. The molecule has 1 N–H and O–H groups in total. The average Bonchev–Trinajstić information content (AvgIpc) is 3.39. The highest BCUT2D eigenvalue weighted by molar-refractivity contribution is 6.03. The van der Waals surface area contributed by atoms with Crippen LogP contribution in [0.5, 0.6) is 0 Å². The van der Waals surface area contributed by atoms with Gasteiger partial charge in [0.2, 0.25) is 5.91 Å². The molecule has 2 aromatic heterocycles. The lowest BCUT2D eigenvalue weighted by atomic mass is 10.0. The summed E-state index contributed by atoms with van der Waals surface area (Å²) < 4.78 is 53.6. The lowest BCUT2D eigenvalue weighted by molar-refractivity contribution is -0.141. The van der Waals surface area contributed by atoms with Crippen molar-refractivity contribution < 1.29 is 22.4 Å². The third-order valence-electron chi connectivity index (χ3n) is 4.62. The maximum atomic E-state index is 14.6. The molecule has 0 saturated carbocycles. The summed E-state index contributed by atoms with van der Waals surface area (Å²) in [7, 11) is 0. The van der Waals surface area contributed by atoms with Crippen LogP contribution in [0.1, 0.15) is 36.3 Å². The Balaban J connectivity index is 1.63. The van der Waals surface area contributed by atoms with Crippen molar-refractivity contribution in [2.45, 2.75) is 25.6 Å². The number of nitrogens with one attached hydrogen (secondary N) is 1. The topological polar surface area (TPSA) is 66.3 Å². The van der Waals surface area contributed by atoms with Gasteiger partial charge in [0.05, 0.1) is 5.71 Å². The van der Waals surface area contributed by atoms with E-state index in [1.54, 1.807) is 18.3 Å². The zero-order chi connectivity index (χ0) is 20.8. The van der Waals surface area contributed by atoms with Crippen molar-refractivity contribution >= 4 is 11.6 Å². The maximum Gasteiger partial charge on any atom is 0.435 e. The number of hydrazone groups is 1. The Labute approximate surface area is 162 Å². The van der Waals surface area contributed by atoms with Crippen LogP contribution in [0.2, 0.25) is 0 Å². The number of rotatable bonds is 3. The van der Waals surface area contributed by atoms with Crippen molar-refractivity contribution in [2.75, 3.05) is 0 Å². The number of benzene rings is 1. The van der Waals surface area contributed by atoms with Gasteiger partial charge < -0.3 is 4.98 Å². The number of carbonyl (C=O) groups excluding carboxylic acids is 1. The van der Waals surface area contributed by atoms with Crippen LogP contribution in [-0.4, -0.2) is 31.4 Å². The molecule has 1 amide bonds. The van der Waals surface area contributed by atoms with Gasteiger partial charge in [-0.05, 0) is 30.3 Å². The molecule has 3 heterocycles. The molecule has 0 fully saturated rings. The van der Waals surface area contributed by atoms with Crippen molar-refractivity contribution in [3.63, 3.8) is 0 Å². The number of hydrogen-bond donors (Lipinski definition) is 1. The Hall–Kier alpha value is -3.43. The Kier molecular flexibility index (Phi) is 4.48. The predicted molar refractivity (Wildman–Crippen MR) is 95.7 cm³/mol. The summed E-state index contributed by atoms with van der Waals surface area (Å²) in [5.74, 6) is -1.01. The van der Waals surface area contributed by atoms with E-state index in [4.69, 9.17) is 0 Å². The molecule has 1 aliphatic rings. The number of hydrogen-bond acceptors (Lipinski definition) is 3. The number of nitrogens with zero attached hydrogens (tertiary/aromatic N) is 4. The van der Waals surface area contributed by atoms with Crippen molar-refractivity contribution in [1.82, 2.24) is 19.8 Å². The highest BCUT2D eigenvalue weighted by atomic mass is 19.4. The molecule has 0 aliphatic carbocycles. The normalized spacial score (nSPS) is 16.9. The molecule has 6 nitrogen and oxygen atoms in total. The minimum atomic E-state index is -4.61. The fraction of sp³-hybridized carbons (Fsp3) is 0.211. The first kappa shape index (κ1) is 18.9. The first-order chi connectivity index (χ1) is 13.7. The number of carbonyl (C=O) groups is 1. The second-order valence-electron chi connectivity index (χ2n) is 6.57. The van der Waals surface area contributed by atoms with E-state index in [9.17, 15) is 22.4 Å². The molecule has 1 atom stereocenters. The van der Waals surface area contributed by atoms with E-state index in [0.29, 0.717) is 17.7 Å². The summed E-state index contributed by atoms with van der Waals surface area (Å²) in [6.45, 7) is 1.39. The van der Waals surface area contributed by atoms with Crippen molar-refractivity contribution in [2.24, 2.45) is 5.10 Å². The van der Waals surface area contributed by atoms with Gasteiger partial charge in [0, 0.05) is 37.0 Å². The number of aromatic nitrogens is 3.